The molecule has 0 aliphatic carbocycles. The third-order valence-corrected chi connectivity index (χ3v) is 4.44. The number of rotatable bonds is 7. The van der Waals surface area contributed by atoms with E-state index in [1.54, 1.807) is 18.4 Å². The summed E-state index contributed by atoms with van der Waals surface area (Å²) in [4.78, 5) is 1.00. The van der Waals surface area contributed by atoms with Crippen LogP contribution in [0.3, 0.4) is 0 Å². The Labute approximate surface area is 106 Å². The Kier molecular flexibility index (Phi) is 5.38. The topological polar surface area (TPSA) is 81.4 Å². The van der Waals surface area contributed by atoms with Crippen molar-refractivity contribution in [2.24, 2.45) is 5.84 Å². The number of ether oxygens (including phenoxy) is 1. The van der Waals surface area contributed by atoms with Crippen LogP contribution in [0.2, 0.25) is 0 Å². The number of hydrogen-bond acceptors (Lipinski definition) is 6. The molecule has 5 nitrogen and oxygen atoms in total. The average molecular weight is 278 g/mol. The molecule has 17 heavy (non-hydrogen) atoms. The number of hydrogen-bond donors (Lipinski definition) is 2. The van der Waals surface area contributed by atoms with Gasteiger partial charge in [0.1, 0.15) is 15.6 Å². The molecule has 0 saturated carbocycles. The first-order valence-corrected chi connectivity index (χ1v) is 8.17. The van der Waals surface area contributed by atoms with Gasteiger partial charge in [0.15, 0.2) is 0 Å². The van der Waals surface area contributed by atoms with E-state index in [0.717, 1.165) is 10.6 Å². The zero-order valence-corrected chi connectivity index (χ0v) is 11.6. The molecule has 0 radical (unpaired) electrons. The summed E-state index contributed by atoms with van der Waals surface area (Å²) in [5, 5.41) is 1.93. The van der Waals surface area contributed by atoms with Crippen LogP contribution < -0.4 is 16.0 Å². The molecule has 0 aliphatic rings. The predicted octanol–water partition coefficient (Wildman–Crippen LogP) is 1.09. The van der Waals surface area contributed by atoms with E-state index in [9.17, 15) is 8.42 Å². The van der Waals surface area contributed by atoms with Crippen LogP contribution in [0.5, 0.6) is 5.75 Å². The summed E-state index contributed by atoms with van der Waals surface area (Å²) in [6.07, 6.45) is 2.48. The molecule has 0 amide bonds. The number of nitrogens with two attached hydrogens (primary N) is 1. The Morgan fingerprint density at radius 1 is 1.59 bits per heavy atom. The fourth-order valence-electron chi connectivity index (χ4n) is 1.57. The second kappa shape index (κ2) is 6.34. The lowest BCUT2D eigenvalue weighted by Crippen LogP contribution is -2.28. The molecule has 0 aromatic carbocycles. The Morgan fingerprint density at radius 2 is 2.29 bits per heavy atom. The molecule has 0 fully saturated rings. The molecule has 3 N–H and O–H groups in total. The smallest absolute Gasteiger partial charge is 0.147 e. The Balaban J connectivity index is 2.60. The number of methoxy groups -OCH3 is 1. The van der Waals surface area contributed by atoms with Crippen molar-refractivity contribution >= 4 is 21.2 Å². The molecule has 1 aromatic heterocycles. The number of hydrazine groups is 1. The molecule has 7 heteroatoms. The van der Waals surface area contributed by atoms with Gasteiger partial charge in [-0.05, 0) is 24.3 Å². The molecule has 0 saturated heterocycles. The van der Waals surface area contributed by atoms with Gasteiger partial charge in [-0.1, -0.05) is 0 Å². The van der Waals surface area contributed by atoms with Crippen molar-refractivity contribution in [2.75, 3.05) is 19.1 Å². The lowest BCUT2D eigenvalue weighted by atomic mass is 10.1. The largest absolute Gasteiger partial charge is 0.496 e. The molecule has 0 bridgehead atoms. The van der Waals surface area contributed by atoms with Gasteiger partial charge in [0, 0.05) is 12.0 Å². The van der Waals surface area contributed by atoms with E-state index < -0.39 is 9.84 Å². The molecule has 1 aromatic rings. The summed E-state index contributed by atoms with van der Waals surface area (Å²) < 4.78 is 27.3. The van der Waals surface area contributed by atoms with Crippen LogP contribution in [0.4, 0.5) is 0 Å². The van der Waals surface area contributed by atoms with Crippen LogP contribution in [0.1, 0.15) is 23.8 Å². The second-order valence-corrected chi connectivity index (χ2v) is 7.05. The number of sulfone groups is 1. The van der Waals surface area contributed by atoms with Crippen molar-refractivity contribution < 1.29 is 13.2 Å². The van der Waals surface area contributed by atoms with E-state index in [1.807, 2.05) is 11.4 Å². The summed E-state index contributed by atoms with van der Waals surface area (Å²) in [6.45, 7) is 0. The lowest BCUT2D eigenvalue weighted by Gasteiger charge is -2.15. The highest BCUT2D eigenvalue weighted by molar-refractivity contribution is 7.90. The first-order valence-electron chi connectivity index (χ1n) is 5.23. The monoisotopic (exact) mass is 278 g/mol. The molecule has 0 spiro atoms. The maximum Gasteiger partial charge on any atom is 0.147 e. The minimum absolute atomic E-state index is 0.0632. The molecule has 98 valence electrons. The van der Waals surface area contributed by atoms with E-state index in [4.69, 9.17) is 10.6 Å². The van der Waals surface area contributed by atoms with Crippen LogP contribution in [0.25, 0.3) is 0 Å². The summed E-state index contributed by atoms with van der Waals surface area (Å²) in [5.74, 6) is 6.46. The highest BCUT2D eigenvalue weighted by atomic mass is 32.2. The van der Waals surface area contributed by atoms with Crippen LogP contribution in [-0.2, 0) is 9.84 Å². The maximum absolute atomic E-state index is 11.0. The van der Waals surface area contributed by atoms with Gasteiger partial charge in [-0.2, -0.15) is 0 Å². The number of nitrogens with one attached hydrogen (secondary N) is 1. The third kappa shape index (κ3) is 4.63. The van der Waals surface area contributed by atoms with Gasteiger partial charge >= 0.3 is 0 Å². The van der Waals surface area contributed by atoms with Crippen molar-refractivity contribution in [3.05, 3.63) is 16.3 Å². The second-order valence-electron chi connectivity index (χ2n) is 3.84. The van der Waals surface area contributed by atoms with Crippen LogP contribution in [0.15, 0.2) is 11.4 Å². The minimum atomic E-state index is -2.91. The van der Waals surface area contributed by atoms with Crippen LogP contribution in [0, 0.1) is 0 Å². The van der Waals surface area contributed by atoms with Crippen molar-refractivity contribution in [1.29, 1.82) is 0 Å². The lowest BCUT2D eigenvalue weighted by molar-refractivity contribution is 0.400. The summed E-state index contributed by atoms with van der Waals surface area (Å²) in [5.41, 5.74) is 2.70. The zero-order chi connectivity index (χ0) is 12.9. The Hall–Kier alpha value is -0.630. The average Bonchev–Trinajstić information content (AvgIpc) is 2.70. The van der Waals surface area contributed by atoms with Crippen molar-refractivity contribution in [2.45, 2.75) is 18.9 Å². The van der Waals surface area contributed by atoms with Crippen LogP contribution in [-0.4, -0.2) is 27.5 Å². The fraction of sp³-hybridized carbons (Fsp3) is 0.600. The van der Waals surface area contributed by atoms with Crippen molar-refractivity contribution in [3.8, 4) is 5.75 Å². The summed E-state index contributed by atoms with van der Waals surface area (Å²) in [7, 11) is -1.30. The minimum Gasteiger partial charge on any atom is -0.496 e. The van der Waals surface area contributed by atoms with E-state index in [1.165, 1.54) is 6.26 Å². The molecular formula is C10H18N2O3S2. The first kappa shape index (κ1) is 14.4. The predicted molar refractivity (Wildman–Crippen MR) is 69.9 cm³/mol. The van der Waals surface area contributed by atoms with Gasteiger partial charge in [0.25, 0.3) is 0 Å². The fourth-order valence-corrected chi connectivity index (χ4v) is 3.22. The quantitative estimate of drug-likeness (QED) is 0.576. The molecule has 1 rings (SSSR count). The standard InChI is InChI=1S/C10H18N2O3S2/c1-15-9-5-6-16-10(9)8(12-11)4-3-7-17(2,13)14/h5-6,8,12H,3-4,7,11H2,1-2H3. The van der Waals surface area contributed by atoms with E-state index in [2.05, 4.69) is 5.43 Å². The van der Waals surface area contributed by atoms with Gasteiger partial charge < -0.3 is 4.74 Å². The molecular weight excluding hydrogens is 260 g/mol. The SMILES string of the molecule is COc1ccsc1C(CCCS(C)(=O)=O)NN. The molecule has 1 atom stereocenters. The van der Waals surface area contributed by atoms with Gasteiger partial charge in [-0.15, -0.1) is 11.3 Å². The summed E-state index contributed by atoms with van der Waals surface area (Å²) in [6, 6.07) is 1.81. The third-order valence-electron chi connectivity index (χ3n) is 2.40. The van der Waals surface area contributed by atoms with E-state index in [0.29, 0.717) is 12.8 Å². The maximum atomic E-state index is 11.0. The Bertz CT molecular complexity index is 442. The summed E-state index contributed by atoms with van der Waals surface area (Å²) >= 11 is 1.55. The van der Waals surface area contributed by atoms with Gasteiger partial charge in [-0.3, -0.25) is 11.3 Å². The first-order chi connectivity index (χ1) is 7.98. The number of thiophene rings is 1. The van der Waals surface area contributed by atoms with Gasteiger partial charge in [-0.25, -0.2) is 8.42 Å². The molecule has 0 aliphatic heterocycles. The normalized spacial score (nSPS) is 13.6. The highest BCUT2D eigenvalue weighted by Crippen LogP contribution is 2.32. The molecule has 1 unspecified atom stereocenters. The van der Waals surface area contributed by atoms with Gasteiger partial charge in [0.05, 0.1) is 18.0 Å². The van der Waals surface area contributed by atoms with Crippen LogP contribution >= 0.6 is 11.3 Å². The molecule has 1 heterocycles. The van der Waals surface area contributed by atoms with Gasteiger partial charge in [0.2, 0.25) is 0 Å². The van der Waals surface area contributed by atoms with E-state index >= 15 is 0 Å². The zero-order valence-electron chi connectivity index (χ0n) is 9.97. The van der Waals surface area contributed by atoms with Crippen molar-refractivity contribution in [3.63, 3.8) is 0 Å². The van der Waals surface area contributed by atoms with Crippen molar-refractivity contribution in [1.82, 2.24) is 5.43 Å². The highest BCUT2D eigenvalue weighted by Gasteiger charge is 2.16. The van der Waals surface area contributed by atoms with E-state index in [-0.39, 0.29) is 11.8 Å². The Morgan fingerprint density at radius 3 is 2.82 bits per heavy atom.